The molecule has 8 fully saturated rings. The van der Waals surface area contributed by atoms with E-state index in [0.29, 0.717) is 11.8 Å². The highest BCUT2D eigenvalue weighted by atomic mass is 32.2. The highest BCUT2D eigenvalue weighted by molar-refractivity contribution is 7.86. The third-order valence-electron chi connectivity index (χ3n) is 16.6. The van der Waals surface area contributed by atoms with Gasteiger partial charge in [-0.1, -0.05) is 84.9 Å². The van der Waals surface area contributed by atoms with Crippen molar-refractivity contribution in [2.75, 3.05) is 52.6 Å². The molecule has 0 amide bonds. The van der Waals surface area contributed by atoms with Crippen LogP contribution in [0.1, 0.15) is 100 Å². The fourth-order valence-corrected chi connectivity index (χ4v) is 15.3. The molecule has 0 aromatic heterocycles. The van der Waals surface area contributed by atoms with E-state index in [9.17, 15) is 16.8 Å². The van der Waals surface area contributed by atoms with Gasteiger partial charge in [0, 0.05) is 61.6 Å². The molecule has 0 radical (unpaired) electrons. The van der Waals surface area contributed by atoms with E-state index in [0.717, 1.165) is 88.4 Å². The minimum Gasteiger partial charge on any atom is -0.378 e. The summed E-state index contributed by atoms with van der Waals surface area (Å²) in [4.78, 5) is 15.2. The quantitative estimate of drug-likeness (QED) is 0.189. The zero-order valence-electron chi connectivity index (χ0n) is 37.8. The van der Waals surface area contributed by atoms with Crippen LogP contribution in [0, 0.1) is 23.7 Å². The van der Waals surface area contributed by atoms with Crippen molar-refractivity contribution < 1.29 is 35.4 Å². The lowest BCUT2D eigenvalue weighted by molar-refractivity contribution is 0.0425. The minimum absolute atomic E-state index is 0.0233. The summed E-state index contributed by atoms with van der Waals surface area (Å²) >= 11 is 0. The first-order valence-electron chi connectivity index (χ1n) is 24.3. The zero-order valence-corrected chi connectivity index (χ0v) is 39.4. The Hall–Kier alpha value is -4.18. The van der Waals surface area contributed by atoms with Gasteiger partial charge in [-0.25, -0.2) is 0 Å². The number of hydrogen-bond acceptors (Lipinski definition) is 10. The normalized spacial score (nSPS) is 31.5. The van der Waals surface area contributed by atoms with Crippen molar-refractivity contribution in [3.8, 4) is 0 Å². The predicted octanol–water partition coefficient (Wildman–Crippen LogP) is 9.04. The monoisotopic (exact) mass is 936 g/mol. The Kier molecular flexibility index (Phi) is 12.9. The Bertz CT molecular complexity index is 2450. The van der Waals surface area contributed by atoms with Crippen molar-refractivity contribution >= 4 is 42.7 Å². The van der Waals surface area contributed by atoms with E-state index in [4.69, 9.17) is 28.6 Å². The van der Waals surface area contributed by atoms with Crippen molar-refractivity contribution in [2.24, 2.45) is 33.7 Å². The molecule has 14 heteroatoms. The molecule has 4 heterocycles. The average molecular weight is 937 g/mol. The third kappa shape index (κ3) is 8.75. The van der Waals surface area contributed by atoms with Gasteiger partial charge in [0.2, 0.25) is 0 Å². The maximum absolute atomic E-state index is 11.2. The van der Waals surface area contributed by atoms with Gasteiger partial charge in [-0.05, 0) is 111 Å². The maximum atomic E-state index is 11.2. The van der Waals surface area contributed by atoms with E-state index in [1.807, 2.05) is 0 Å². The molecule has 4 unspecified atom stereocenters. The van der Waals surface area contributed by atoms with Crippen LogP contribution in [0.15, 0.2) is 117 Å². The molecule has 352 valence electrons. The lowest BCUT2D eigenvalue weighted by Crippen LogP contribution is -2.51. The number of benzene rings is 4. The fourth-order valence-electron chi connectivity index (χ4n) is 13.8. The van der Waals surface area contributed by atoms with Crippen LogP contribution in [0.4, 0.5) is 0 Å². The standard InChI is InChI=1S/2C21H28N2O.C10H8O6S2/c2*1-2-4-16(5-3-1)20-17-6-8-18(9-7-17)21(20)11-10-19(22-21)23-12-14-24-15-13-23;11-17(12,13)9-5-1-3-7-8(9)4-2-6-10(7)18(14,15)16/h2*1-5,17-18,20H,6-15H2;1-6H,(H,11,12,13)(H,14,15,16). The molecular weight excluding hydrogens is 873 g/mol. The third-order valence-corrected chi connectivity index (χ3v) is 18.4. The summed E-state index contributed by atoms with van der Waals surface area (Å²) in [7, 11) is -8.94. The molecule has 6 saturated carbocycles. The summed E-state index contributed by atoms with van der Waals surface area (Å²) in [5, 5.41) is 0.0465. The van der Waals surface area contributed by atoms with Crippen molar-refractivity contribution in [1.82, 2.24) is 9.80 Å². The van der Waals surface area contributed by atoms with E-state index >= 15 is 0 Å². The molecule has 2 saturated heterocycles. The maximum Gasteiger partial charge on any atom is 0.295 e. The smallest absolute Gasteiger partial charge is 0.295 e. The van der Waals surface area contributed by atoms with Gasteiger partial charge in [0.05, 0.1) is 49.2 Å². The van der Waals surface area contributed by atoms with E-state index in [2.05, 4.69) is 70.5 Å². The molecular formula is C52H64N4O8S2. The molecule has 6 aliphatic carbocycles. The fraction of sp³-hybridized carbons (Fsp3) is 0.538. The number of aliphatic imine (C=N–C) groups is 2. The van der Waals surface area contributed by atoms with Crippen LogP contribution in [-0.2, 0) is 29.7 Å². The SMILES string of the molecule is O=S(=O)(O)c1cccc2c(S(=O)(=O)O)cccc12.c1ccc(C2C3CCC(CC3)C23CCC(N2CCOCC2)=N3)cc1.c1ccc(C2C3CCC(CC3)C23CCC(N2CCOCC2)=N3)cc1. The highest BCUT2D eigenvalue weighted by Crippen LogP contribution is 2.62. The van der Waals surface area contributed by atoms with Crippen LogP contribution < -0.4 is 0 Å². The van der Waals surface area contributed by atoms with E-state index < -0.39 is 30.0 Å². The van der Waals surface area contributed by atoms with Gasteiger partial charge in [-0.15, -0.1) is 0 Å². The second-order valence-corrected chi connectivity index (χ2v) is 22.6. The lowest BCUT2D eigenvalue weighted by Gasteiger charge is -2.54. The Labute approximate surface area is 390 Å². The molecule has 2 spiro atoms. The van der Waals surface area contributed by atoms with Crippen LogP contribution >= 0.6 is 0 Å². The number of hydrogen-bond donors (Lipinski definition) is 2. The van der Waals surface area contributed by atoms with Crippen LogP contribution in [0.2, 0.25) is 0 Å². The second-order valence-electron chi connectivity index (χ2n) is 19.8. The van der Waals surface area contributed by atoms with Gasteiger partial charge >= 0.3 is 0 Å². The summed E-state index contributed by atoms with van der Waals surface area (Å²) in [6.07, 6.45) is 16.1. The summed E-state index contributed by atoms with van der Waals surface area (Å²) < 4.78 is 73.8. The Morgan fingerprint density at radius 1 is 0.485 bits per heavy atom. The first-order chi connectivity index (χ1) is 31.9. The molecule has 2 N–H and O–H groups in total. The van der Waals surface area contributed by atoms with Gasteiger partial charge in [-0.2, -0.15) is 16.8 Å². The van der Waals surface area contributed by atoms with Crippen molar-refractivity contribution in [3.63, 3.8) is 0 Å². The molecule has 4 aromatic rings. The van der Waals surface area contributed by atoms with Crippen LogP contribution in [0.25, 0.3) is 10.8 Å². The number of nitrogens with zero attached hydrogens (tertiary/aromatic N) is 4. The Morgan fingerprint density at radius 3 is 1.20 bits per heavy atom. The van der Waals surface area contributed by atoms with Gasteiger partial charge in [-0.3, -0.25) is 19.1 Å². The number of amidine groups is 2. The van der Waals surface area contributed by atoms with E-state index in [1.54, 1.807) is 11.1 Å². The predicted molar refractivity (Wildman–Crippen MR) is 256 cm³/mol. The molecule has 12 nitrogen and oxygen atoms in total. The van der Waals surface area contributed by atoms with E-state index in [1.165, 1.54) is 113 Å². The van der Waals surface area contributed by atoms with Crippen molar-refractivity contribution in [3.05, 3.63) is 108 Å². The average Bonchev–Trinajstić information content (AvgIpc) is 3.99. The number of ether oxygens (including phenoxy) is 2. The van der Waals surface area contributed by atoms with E-state index in [-0.39, 0.29) is 21.9 Å². The van der Waals surface area contributed by atoms with Gasteiger partial charge < -0.3 is 19.3 Å². The molecule has 4 aliphatic heterocycles. The highest BCUT2D eigenvalue weighted by Gasteiger charge is 2.58. The van der Waals surface area contributed by atoms with Crippen LogP contribution in [0.3, 0.4) is 0 Å². The molecule has 10 aliphatic rings. The molecule has 4 atom stereocenters. The molecule has 4 bridgehead atoms. The second kappa shape index (κ2) is 18.7. The molecule has 66 heavy (non-hydrogen) atoms. The zero-order chi connectivity index (χ0) is 45.5. The summed E-state index contributed by atoms with van der Waals surface area (Å²) in [6, 6.07) is 30.1. The first kappa shape index (κ1) is 45.6. The van der Waals surface area contributed by atoms with Gasteiger partial charge in [0.25, 0.3) is 20.2 Å². The Balaban J connectivity index is 0.000000118. The first-order valence-corrected chi connectivity index (χ1v) is 27.2. The summed E-state index contributed by atoms with van der Waals surface area (Å²) in [5.74, 6) is 7.32. The topological polar surface area (TPSA) is 158 Å². The number of rotatable bonds is 4. The molecule has 4 aromatic carbocycles. The lowest BCUT2D eigenvalue weighted by atomic mass is 9.52. The summed E-state index contributed by atoms with van der Waals surface area (Å²) in [6.45, 7) is 7.55. The number of fused-ring (bicyclic) bond motifs is 5. The van der Waals surface area contributed by atoms with Crippen LogP contribution in [0.5, 0.6) is 0 Å². The van der Waals surface area contributed by atoms with Gasteiger partial charge in [0.1, 0.15) is 9.79 Å². The Morgan fingerprint density at radius 2 is 0.848 bits per heavy atom. The van der Waals surface area contributed by atoms with Crippen molar-refractivity contribution in [1.29, 1.82) is 0 Å². The summed E-state index contributed by atoms with van der Waals surface area (Å²) in [5.41, 5.74) is 3.46. The minimum atomic E-state index is -4.47. The number of morpholine rings is 2. The van der Waals surface area contributed by atoms with Gasteiger partial charge in [0.15, 0.2) is 0 Å². The van der Waals surface area contributed by atoms with Crippen molar-refractivity contribution in [2.45, 2.75) is 110 Å². The van der Waals surface area contributed by atoms with Crippen LogP contribution in [-0.4, -0.2) is 111 Å². The molecule has 14 rings (SSSR count). The largest absolute Gasteiger partial charge is 0.378 e.